The van der Waals surface area contributed by atoms with E-state index in [1.165, 1.54) is 11.3 Å². The number of aromatic nitrogens is 3. The molecule has 0 radical (unpaired) electrons. The van der Waals surface area contributed by atoms with Crippen LogP contribution in [0.25, 0.3) is 43.0 Å². The molecule has 2 N–H and O–H groups in total. The average Bonchev–Trinajstić information content (AvgIpc) is 4.04. The second-order valence-electron chi connectivity index (χ2n) is 19.8. The van der Waals surface area contributed by atoms with Gasteiger partial charge < -0.3 is 19.8 Å². The Morgan fingerprint density at radius 2 is 1.23 bits per heavy atom. The first kappa shape index (κ1) is 44.7. The Morgan fingerprint density at radius 1 is 0.703 bits per heavy atom. The van der Waals surface area contributed by atoms with E-state index in [1.807, 2.05) is 72.8 Å². The molecule has 3 aromatic heterocycles. The minimum absolute atomic E-state index is 0.274. The third kappa shape index (κ3) is 10.0. The van der Waals surface area contributed by atoms with Gasteiger partial charge in [-0.3, -0.25) is 0 Å². The Bertz CT molecular complexity index is 2900. The minimum atomic E-state index is -0.653. The SMILES string of the molecule is CC(CCOc1ccc(C2=c3c(c(-c4ccc(OCCC(C)CC(C)(C)C)cc4)[nH]/c3=C(/C#N)c3nc4ccccc4s3)C(C(C#N)c3nc4ccccc4s3)N2)cc1)CC(C)(C)C. The molecule has 8 rings (SSSR count). The van der Waals surface area contributed by atoms with E-state index in [0.717, 1.165) is 95.9 Å². The van der Waals surface area contributed by atoms with E-state index in [2.05, 4.69) is 102 Å². The molecular weight excluding hydrogens is 829 g/mol. The molecule has 4 aromatic carbocycles. The van der Waals surface area contributed by atoms with E-state index in [0.29, 0.717) is 41.0 Å². The molecule has 0 amide bonds. The van der Waals surface area contributed by atoms with Crippen molar-refractivity contribution in [2.75, 3.05) is 13.2 Å². The molecule has 0 fully saturated rings. The van der Waals surface area contributed by atoms with Crippen molar-refractivity contribution in [2.24, 2.45) is 22.7 Å². The van der Waals surface area contributed by atoms with E-state index >= 15 is 0 Å². The van der Waals surface area contributed by atoms with Gasteiger partial charge in [0, 0.05) is 10.8 Å². The van der Waals surface area contributed by atoms with Crippen LogP contribution in [0.3, 0.4) is 0 Å². The third-order valence-corrected chi connectivity index (χ3v) is 14.0. The average molecular weight is 887 g/mol. The molecule has 4 heterocycles. The van der Waals surface area contributed by atoms with Crippen molar-refractivity contribution in [1.29, 1.82) is 10.5 Å². The summed E-state index contributed by atoms with van der Waals surface area (Å²) in [7, 11) is 0. The number of nitrogens with zero attached hydrogens (tertiary/aromatic N) is 4. The summed E-state index contributed by atoms with van der Waals surface area (Å²) in [6.45, 7) is 19.5. The maximum Gasteiger partial charge on any atom is 0.137 e. The van der Waals surface area contributed by atoms with E-state index in [1.54, 1.807) is 11.3 Å². The van der Waals surface area contributed by atoms with E-state index in [9.17, 15) is 10.5 Å². The van der Waals surface area contributed by atoms with Crippen molar-refractivity contribution in [3.05, 3.63) is 129 Å². The molecule has 0 aliphatic carbocycles. The molecule has 4 unspecified atom stereocenters. The number of benzene rings is 4. The number of hydrogen-bond donors (Lipinski definition) is 2. The van der Waals surface area contributed by atoms with Crippen LogP contribution in [0, 0.1) is 45.3 Å². The monoisotopic (exact) mass is 886 g/mol. The predicted octanol–water partition coefficient (Wildman–Crippen LogP) is 12.4. The number of ether oxygens (including phenoxy) is 2. The summed E-state index contributed by atoms with van der Waals surface area (Å²) in [6.07, 6.45) is 4.22. The summed E-state index contributed by atoms with van der Waals surface area (Å²) in [6, 6.07) is 37.0. The molecule has 1 aliphatic rings. The molecular formula is C54H58N6O2S2. The number of rotatable bonds is 15. The summed E-state index contributed by atoms with van der Waals surface area (Å²) in [5.41, 5.74) is 7.06. The summed E-state index contributed by atoms with van der Waals surface area (Å²) in [4.78, 5) is 13.7. The Labute approximate surface area is 385 Å². The van der Waals surface area contributed by atoms with Gasteiger partial charge in [-0.25, -0.2) is 9.97 Å². The summed E-state index contributed by atoms with van der Waals surface area (Å²) < 4.78 is 14.6. The smallest absolute Gasteiger partial charge is 0.137 e. The van der Waals surface area contributed by atoms with Gasteiger partial charge in [0.05, 0.1) is 62.5 Å². The molecule has 10 heteroatoms. The molecule has 0 spiro atoms. The highest BCUT2D eigenvalue weighted by molar-refractivity contribution is 7.19. The highest BCUT2D eigenvalue weighted by Crippen LogP contribution is 2.41. The first-order chi connectivity index (χ1) is 30.7. The zero-order valence-corrected chi connectivity index (χ0v) is 39.8. The van der Waals surface area contributed by atoms with E-state index < -0.39 is 12.0 Å². The van der Waals surface area contributed by atoms with Crippen LogP contribution in [0.2, 0.25) is 0 Å². The Hall–Kier alpha value is -5.94. The van der Waals surface area contributed by atoms with Gasteiger partial charge in [-0.15, -0.1) is 22.7 Å². The molecule has 7 aromatic rings. The Kier molecular flexibility index (Phi) is 13.0. The molecule has 328 valence electrons. The lowest BCUT2D eigenvalue weighted by molar-refractivity contribution is 0.240. The van der Waals surface area contributed by atoms with Crippen LogP contribution >= 0.6 is 22.7 Å². The minimum Gasteiger partial charge on any atom is -0.494 e. The Balaban J connectivity index is 1.25. The fourth-order valence-electron chi connectivity index (χ4n) is 9.25. The zero-order valence-electron chi connectivity index (χ0n) is 38.2. The highest BCUT2D eigenvalue weighted by atomic mass is 32.1. The predicted molar refractivity (Wildman–Crippen MR) is 263 cm³/mol. The second kappa shape index (κ2) is 18.6. The molecule has 1 aliphatic heterocycles. The van der Waals surface area contributed by atoms with Crippen LogP contribution in [-0.2, 0) is 0 Å². The maximum absolute atomic E-state index is 11.1. The molecule has 0 saturated carbocycles. The zero-order chi connectivity index (χ0) is 45.2. The lowest BCUT2D eigenvalue weighted by Gasteiger charge is -2.23. The number of thiazole rings is 2. The van der Waals surface area contributed by atoms with Gasteiger partial charge in [0.15, 0.2) is 0 Å². The lowest BCUT2D eigenvalue weighted by atomic mass is 9.84. The number of nitrogens with one attached hydrogen (secondary N) is 2. The third-order valence-electron chi connectivity index (χ3n) is 11.8. The summed E-state index contributed by atoms with van der Waals surface area (Å²) >= 11 is 3.04. The number of nitriles is 2. The first-order valence-corrected chi connectivity index (χ1v) is 24.1. The van der Waals surface area contributed by atoms with Crippen LogP contribution in [0.1, 0.15) is 114 Å². The molecule has 4 atom stereocenters. The van der Waals surface area contributed by atoms with Gasteiger partial charge >= 0.3 is 0 Å². The van der Waals surface area contributed by atoms with E-state index in [-0.39, 0.29) is 10.8 Å². The van der Waals surface area contributed by atoms with Crippen LogP contribution in [-0.4, -0.2) is 28.2 Å². The van der Waals surface area contributed by atoms with Crippen molar-refractivity contribution >= 4 is 54.4 Å². The maximum atomic E-state index is 11.1. The highest BCUT2D eigenvalue weighted by Gasteiger charge is 2.38. The van der Waals surface area contributed by atoms with Gasteiger partial charge in [0.2, 0.25) is 0 Å². The number of hydrogen-bond acceptors (Lipinski definition) is 9. The van der Waals surface area contributed by atoms with Crippen molar-refractivity contribution < 1.29 is 9.47 Å². The lowest BCUT2D eigenvalue weighted by Crippen LogP contribution is -2.29. The number of fused-ring (bicyclic) bond motifs is 3. The van der Waals surface area contributed by atoms with Crippen molar-refractivity contribution in [1.82, 2.24) is 20.3 Å². The van der Waals surface area contributed by atoms with Gasteiger partial charge in [-0.1, -0.05) is 79.7 Å². The summed E-state index contributed by atoms with van der Waals surface area (Å²) in [5, 5.41) is 28.9. The van der Waals surface area contributed by atoms with Crippen LogP contribution in [0.15, 0.2) is 97.1 Å². The standard InChI is InChI=1S/C54H58N6O2S2/c1-33(29-53(3,4)5)25-27-61-37-21-17-35(18-22-37)47-45-46(50(59-47)40(32-56)52-58-42-14-10-12-16-44(42)64-52)48(36-19-23-38(24-20-36)62-28-26-34(2)30-54(6,7)8)60-49(45)39(31-55)51-57-41-13-9-11-15-43(41)63-51/h9-24,33-34,39,49,59-60H,25-30H2,1-8H3/b50-40-. The molecule has 0 bridgehead atoms. The van der Waals surface area contributed by atoms with E-state index in [4.69, 9.17) is 19.4 Å². The van der Waals surface area contributed by atoms with Crippen molar-refractivity contribution in [3.8, 4) is 34.9 Å². The van der Waals surface area contributed by atoms with Gasteiger partial charge in [-0.05, 0) is 132 Å². The largest absolute Gasteiger partial charge is 0.494 e. The topological polar surface area (TPSA) is 120 Å². The van der Waals surface area contributed by atoms with Crippen molar-refractivity contribution in [3.63, 3.8) is 0 Å². The number of H-pyrrole nitrogens is 1. The van der Waals surface area contributed by atoms with Crippen LogP contribution < -0.4 is 25.4 Å². The fraction of sp³-hybridized carbons (Fsp3) is 0.370. The van der Waals surface area contributed by atoms with Crippen LogP contribution in [0.5, 0.6) is 11.5 Å². The first-order valence-electron chi connectivity index (χ1n) is 22.4. The van der Waals surface area contributed by atoms with Gasteiger partial charge in [0.1, 0.15) is 39.1 Å². The molecule has 64 heavy (non-hydrogen) atoms. The Morgan fingerprint density at radius 3 is 1.75 bits per heavy atom. The second-order valence-corrected chi connectivity index (χ2v) is 21.9. The molecule has 0 saturated heterocycles. The van der Waals surface area contributed by atoms with Crippen molar-refractivity contribution in [2.45, 2.75) is 93.0 Å². The summed E-state index contributed by atoms with van der Waals surface area (Å²) in [5.74, 6) is 2.04. The van der Waals surface area contributed by atoms with Crippen LogP contribution in [0.4, 0.5) is 0 Å². The quantitative estimate of drug-likeness (QED) is 0.105. The van der Waals surface area contributed by atoms with Gasteiger partial charge in [0.25, 0.3) is 0 Å². The van der Waals surface area contributed by atoms with Gasteiger partial charge in [-0.2, -0.15) is 10.5 Å². The fourth-order valence-corrected chi connectivity index (χ4v) is 11.3. The normalized spacial score (nSPS) is 15.8. The number of aromatic amines is 1. The molecule has 8 nitrogen and oxygen atoms in total. The number of para-hydroxylation sites is 2.